The predicted molar refractivity (Wildman–Crippen MR) is 69.7 cm³/mol. The molecule has 0 spiro atoms. The summed E-state index contributed by atoms with van der Waals surface area (Å²) in [6.07, 6.45) is 6.44. The van der Waals surface area contributed by atoms with E-state index in [0.717, 1.165) is 44.8 Å². The Balaban J connectivity index is 1.81. The summed E-state index contributed by atoms with van der Waals surface area (Å²) in [5.74, 6) is 0.931. The number of fused-ring (bicyclic) bond motifs is 1. The molecule has 1 saturated heterocycles. The van der Waals surface area contributed by atoms with Crippen molar-refractivity contribution in [3.05, 3.63) is 11.9 Å². The van der Waals surface area contributed by atoms with Gasteiger partial charge in [-0.3, -0.25) is 4.79 Å². The first-order valence-corrected chi connectivity index (χ1v) is 6.88. The van der Waals surface area contributed by atoms with Gasteiger partial charge in [-0.1, -0.05) is 0 Å². The maximum absolute atomic E-state index is 12.5. The molecule has 0 radical (unpaired) electrons. The van der Waals surface area contributed by atoms with Crippen LogP contribution in [0.25, 0.3) is 0 Å². The summed E-state index contributed by atoms with van der Waals surface area (Å²) in [5.41, 5.74) is 0.591. The number of amides is 1. The molecule has 2 aliphatic rings. The van der Waals surface area contributed by atoms with E-state index in [2.05, 4.69) is 17.2 Å². The van der Waals surface area contributed by atoms with Crippen molar-refractivity contribution in [2.75, 3.05) is 18.4 Å². The number of likely N-dealkylation sites (tertiary alicyclic amines) is 1. The first-order valence-electron chi connectivity index (χ1n) is 6.88. The number of nitrogens with zero attached hydrogens (tertiary/aromatic N) is 3. The molecule has 0 saturated carbocycles. The number of rotatable bonds is 1. The van der Waals surface area contributed by atoms with E-state index in [1.807, 2.05) is 15.7 Å². The molecule has 1 atom stereocenters. The van der Waals surface area contributed by atoms with Crippen LogP contribution in [0.4, 0.5) is 5.95 Å². The van der Waals surface area contributed by atoms with Gasteiger partial charge in [-0.25, -0.2) is 4.98 Å². The van der Waals surface area contributed by atoms with Gasteiger partial charge >= 0.3 is 0 Å². The molecular formula is C13H20N4O. The Kier molecular flexibility index (Phi) is 2.97. The number of anilines is 1. The SMILES string of the molecule is CC1CCCCN1C(=O)c1cn2c(n1)NCCC2. The Bertz CT molecular complexity index is 430. The molecule has 1 N–H and O–H groups in total. The number of aryl methyl sites for hydroxylation is 1. The van der Waals surface area contributed by atoms with Crippen LogP contribution < -0.4 is 5.32 Å². The number of aromatic nitrogens is 2. The minimum absolute atomic E-state index is 0.0888. The molecule has 98 valence electrons. The maximum Gasteiger partial charge on any atom is 0.274 e. The van der Waals surface area contributed by atoms with Crippen LogP contribution in [-0.2, 0) is 6.54 Å². The number of nitrogens with one attached hydrogen (secondary N) is 1. The molecule has 1 aromatic heterocycles. The fraction of sp³-hybridized carbons (Fsp3) is 0.692. The van der Waals surface area contributed by atoms with Gasteiger partial charge in [0.25, 0.3) is 5.91 Å². The van der Waals surface area contributed by atoms with Gasteiger partial charge in [0, 0.05) is 31.9 Å². The van der Waals surface area contributed by atoms with Crippen LogP contribution in [0.5, 0.6) is 0 Å². The zero-order valence-electron chi connectivity index (χ0n) is 10.9. The van der Waals surface area contributed by atoms with Crippen molar-refractivity contribution < 1.29 is 4.79 Å². The fourth-order valence-electron chi connectivity index (χ4n) is 2.83. The van der Waals surface area contributed by atoms with Gasteiger partial charge in [0.1, 0.15) is 5.69 Å². The van der Waals surface area contributed by atoms with Crippen molar-refractivity contribution in [1.29, 1.82) is 0 Å². The van der Waals surface area contributed by atoms with E-state index in [1.165, 1.54) is 6.42 Å². The van der Waals surface area contributed by atoms with Crippen LogP contribution in [0.1, 0.15) is 43.1 Å². The van der Waals surface area contributed by atoms with Gasteiger partial charge in [0.2, 0.25) is 5.95 Å². The second-order valence-electron chi connectivity index (χ2n) is 5.27. The highest BCUT2D eigenvalue weighted by Crippen LogP contribution is 2.21. The van der Waals surface area contributed by atoms with Crippen LogP contribution in [-0.4, -0.2) is 39.5 Å². The van der Waals surface area contributed by atoms with E-state index in [-0.39, 0.29) is 5.91 Å². The number of piperidine rings is 1. The molecule has 5 nitrogen and oxygen atoms in total. The molecule has 1 amide bonds. The van der Waals surface area contributed by atoms with Crippen molar-refractivity contribution in [3.8, 4) is 0 Å². The Hall–Kier alpha value is -1.52. The Labute approximate surface area is 107 Å². The molecule has 18 heavy (non-hydrogen) atoms. The van der Waals surface area contributed by atoms with Crippen LogP contribution >= 0.6 is 0 Å². The summed E-state index contributed by atoms with van der Waals surface area (Å²) in [4.78, 5) is 18.8. The zero-order chi connectivity index (χ0) is 12.5. The summed E-state index contributed by atoms with van der Waals surface area (Å²) >= 11 is 0. The molecule has 0 bridgehead atoms. The van der Waals surface area contributed by atoms with Crippen molar-refractivity contribution in [3.63, 3.8) is 0 Å². The highest BCUT2D eigenvalue weighted by Gasteiger charge is 2.26. The van der Waals surface area contributed by atoms with E-state index < -0.39 is 0 Å². The summed E-state index contributed by atoms with van der Waals surface area (Å²) in [6.45, 7) is 4.91. The quantitative estimate of drug-likeness (QED) is 0.823. The van der Waals surface area contributed by atoms with E-state index >= 15 is 0 Å². The van der Waals surface area contributed by atoms with Crippen LogP contribution in [0, 0.1) is 0 Å². The first kappa shape index (κ1) is 11.6. The van der Waals surface area contributed by atoms with Gasteiger partial charge in [0.15, 0.2) is 0 Å². The van der Waals surface area contributed by atoms with E-state index in [0.29, 0.717) is 11.7 Å². The lowest BCUT2D eigenvalue weighted by Crippen LogP contribution is -2.42. The van der Waals surface area contributed by atoms with Crippen molar-refractivity contribution in [1.82, 2.24) is 14.5 Å². The number of imidazole rings is 1. The van der Waals surface area contributed by atoms with Crippen molar-refractivity contribution >= 4 is 11.9 Å². The Morgan fingerprint density at radius 2 is 2.28 bits per heavy atom. The fourth-order valence-corrected chi connectivity index (χ4v) is 2.83. The standard InChI is InChI=1S/C13H20N4O/c1-10-5-2-3-8-17(10)12(18)11-9-16-7-4-6-14-13(16)15-11/h9-10H,2-8H2,1H3,(H,14,15). The number of hydrogen-bond acceptors (Lipinski definition) is 3. The molecule has 0 aromatic carbocycles. The lowest BCUT2D eigenvalue weighted by Gasteiger charge is -2.32. The van der Waals surface area contributed by atoms with Gasteiger partial charge in [-0.05, 0) is 32.6 Å². The molecule has 3 rings (SSSR count). The second-order valence-corrected chi connectivity index (χ2v) is 5.27. The zero-order valence-corrected chi connectivity index (χ0v) is 10.9. The van der Waals surface area contributed by atoms with Gasteiger partial charge in [0.05, 0.1) is 0 Å². The van der Waals surface area contributed by atoms with Crippen molar-refractivity contribution in [2.45, 2.75) is 45.2 Å². The van der Waals surface area contributed by atoms with Crippen LogP contribution in [0.3, 0.4) is 0 Å². The summed E-state index contributed by atoms with van der Waals surface area (Å²) in [6, 6.07) is 0.345. The maximum atomic E-state index is 12.5. The average molecular weight is 248 g/mol. The van der Waals surface area contributed by atoms with Gasteiger partial charge in [-0.15, -0.1) is 0 Å². The predicted octanol–water partition coefficient (Wildman–Crippen LogP) is 1.71. The van der Waals surface area contributed by atoms with E-state index in [4.69, 9.17) is 0 Å². The molecule has 1 unspecified atom stereocenters. The normalized spacial score (nSPS) is 23.4. The molecule has 0 aliphatic carbocycles. The lowest BCUT2D eigenvalue weighted by atomic mass is 10.0. The molecular weight excluding hydrogens is 228 g/mol. The van der Waals surface area contributed by atoms with E-state index in [9.17, 15) is 4.79 Å². The average Bonchev–Trinajstić information content (AvgIpc) is 2.82. The summed E-state index contributed by atoms with van der Waals surface area (Å²) in [7, 11) is 0. The van der Waals surface area contributed by atoms with Gasteiger partial charge < -0.3 is 14.8 Å². The highest BCUT2D eigenvalue weighted by molar-refractivity contribution is 5.93. The van der Waals surface area contributed by atoms with Crippen molar-refractivity contribution in [2.24, 2.45) is 0 Å². The molecule has 1 aromatic rings. The topological polar surface area (TPSA) is 50.2 Å². The lowest BCUT2D eigenvalue weighted by molar-refractivity contribution is 0.0630. The smallest absolute Gasteiger partial charge is 0.274 e. The highest BCUT2D eigenvalue weighted by atomic mass is 16.2. The number of carbonyl (C=O) groups is 1. The first-order chi connectivity index (χ1) is 8.75. The monoisotopic (exact) mass is 248 g/mol. The number of carbonyl (C=O) groups excluding carboxylic acids is 1. The van der Waals surface area contributed by atoms with Gasteiger partial charge in [-0.2, -0.15) is 0 Å². The van der Waals surface area contributed by atoms with Crippen LogP contribution in [0.2, 0.25) is 0 Å². The molecule has 5 heteroatoms. The van der Waals surface area contributed by atoms with Crippen LogP contribution in [0.15, 0.2) is 6.20 Å². The summed E-state index contributed by atoms with van der Waals surface area (Å²) < 4.78 is 2.05. The molecule has 3 heterocycles. The molecule has 1 fully saturated rings. The largest absolute Gasteiger partial charge is 0.356 e. The second kappa shape index (κ2) is 4.63. The Morgan fingerprint density at radius 3 is 3.06 bits per heavy atom. The molecule has 2 aliphatic heterocycles. The minimum atomic E-state index is 0.0888. The third-order valence-electron chi connectivity index (χ3n) is 3.92. The minimum Gasteiger partial charge on any atom is -0.356 e. The Morgan fingerprint density at radius 1 is 1.39 bits per heavy atom. The summed E-state index contributed by atoms with van der Waals surface area (Å²) in [5, 5.41) is 3.23. The third-order valence-corrected chi connectivity index (χ3v) is 3.92. The number of hydrogen-bond donors (Lipinski definition) is 1. The van der Waals surface area contributed by atoms with E-state index in [1.54, 1.807) is 0 Å². The third kappa shape index (κ3) is 1.98.